The van der Waals surface area contributed by atoms with Gasteiger partial charge >= 0.3 is 0 Å². The Morgan fingerprint density at radius 2 is 1.80 bits per heavy atom. The number of rotatable bonds is 7. The summed E-state index contributed by atoms with van der Waals surface area (Å²) in [6.07, 6.45) is 0. The van der Waals surface area contributed by atoms with Crippen molar-refractivity contribution in [3.8, 4) is 5.75 Å². The molecule has 20 heavy (non-hydrogen) atoms. The van der Waals surface area contributed by atoms with E-state index in [0.717, 1.165) is 0 Å². The minimum atomic E-state index is -1.49. The van der Waals surface area contributed by atoms with Crippen LogP contribution < -0.4 is 10.1 Å². The fraction of sp³-hybridized carbons (Fsp3) is 0.417. The minimum Gasteiger partial charge on any atom is -0.482 e. The molecule has 0 aromatic heterocycles. The van der Waals surface area contributed by atoms with E-state index in [1.165, 1.54) is 12.1 Å². The highest BCUT2D eigenvalue weighted by Crippen LogP contribution is 2.27. The lowest BCUT2D eigenvalue weighted by molar-refractivity contribution is -0.127. The molecular formula is C12H15Cl2NO5. The number of carbonyl (C=O) groups excluding carboxylic acids is 1. The van der Waals surface area contributed by atoms with Gasteiger partial charge in [0, 0.05) is 11.1 Å². The third-order valence-corrected chi connectivity index (χ3v) is 3.11. The van der Waals surface area contributed by atoms with E-state index < -0.39 is 37.9 Å². The zero-order chi connectivity index (χ0) is 15.2. The summed E-state index contributed by atoms with van der Waals surface area (Å²) in [5.41, 5.74) is -1.49. The van der Waals surface area contributed by atoms with Crippen LogP contribution in [0.3, 0.4) is 0 Å². The second kappa shape index (κ2) is 7.66. The minimum absolute atomic E-state index is 0.233. The van der Waals surface area contributed by atoms with Crippen molar-refractivity contribution in [1.82, 2.24) is 5.32 Å². The number of aliphatic hydroxyl groups is 3. The molecule has 0 fully saturated rings. The predicted octanol–water partition coefficient (Wildman–Crippen LogP) is 0.204. The van der Waals surface area contributed by atoms with Crippen LogP contribution in [0.5, 0.6) is 5.75 Å². The van der Waals surface area contributed by atoms with Crippen molar-refractivity contribution >= 4 is 29.1 Å². The van der Waals surface area contributed by atoms with Gasteiger partial charge in [-0.3, -0.25) is 4.79 Å². The van der Waals surface area contributed by atoms with Crippen molar-refractivity contribution in [3.05, 3.63) is 28.2 Å². The van der Waals surface area contributed by atoms with Crippen LogP contribution in [0.2, 0.25) is 10.0 Å². The maximum atomic E-state index is 11.7. The van der Waals surface area contributed by atoms with Crippen LogP contribution in [0.25, 0.3) is 0 Å². The van der Waals surface area contributed by atoms with Gasteiger partial charge in [0.15, 0.2) is 6.61 Å². The number of amides is 1. The summed E-state index contributed by atoms with van der Waals surface area (Å²) in [5.74, 6) is -0.393. The molecule has 0 unspecified atom stereocenters. The van der Waals surface area contributed by atoms with E-state index in [0.29, 0.717) is 10.0 Å². The van der Waals surface area contributed by atoms with Gasteiger partial charge in [0.05, 0.1) is 24.8 Å². The highest BCUT2D eigenvalue weighted by molar-refractivity contribution is 6.34. The number of nitrogens with one attached hydrogen (secondary N) is 1. The van der Waals surface area contributed by atoms with Crippen LogP contribution in [0.1, 0.15) is 0 Å². The fourth-order valence-corrected chi connectivity index (χ4v) is 1.67. The Hall–Kier alpha value is -1.05. The van der Waals surface area contributed by atoms with E-state index in [2.05, 4.69) is 5.32 Å². The van der Waals surface area contributed by atoms with Gasteiger partial charge in [-0.25, -0.2) is 0 Å². The van der Waals surface area contributed by atoms with Gasteiger partial charge in [-0.1, -0.05) is 23.2 Å². The molecule has 112 valence electrons. The molecule has 0 aliphatic heterocycles. The summed E-state index contributed by atoms with van der Waals surface area (Å²) in [7, 11) is 0. The number of ether oxygens (including phenoxy) is 1. The molecule has 1 amide bonds. The summed E-state index contributed by atoms with van der Waals surface area (Å²) < 4.78 is 5.19. The molecule has 0 aliphatic carbocycles. The maximum Gasteiger partial charge on any atom is 0.258 e. The van der Waals surface area contributed by atoms with Crippen LogP contribution in [-0.2, 0) is 4.79 Å². The van der Waals surface area contributed by atoms with Crippen LogP contribution in [0.4, 0.5) is 0 Å². The van der Waals surface area contributed by atoms with Gasteiger partial charge in [-0.2, -0.15) is 0 Å². The summed E-state index contributed by atoms with van der Waals surface area (Å²) in [6, 6.07) is 4.55. The van der Waals surface area contributed by atoms with Crippen molar-refractivity contribution in [1.29, 1.82) is 0 Å². The number of carbonyl (C=O) groups is 1. The van der Waals surface area contributed by atoms with Crippen LogP contribution in [0, 0.1) is 0 Å². The average molecular weight is 324 g/mol. The van der Waals surface area contributed by atoms with Gasteiger partial charge in [-0.15, -0.1) is 0 Å². The van der Waals surface area contributed by atoms with E-state index >= 15 is 0 Å². The first-order valence-corrected chi connectivity index (χ1v) is 6.43. The largest absolute Gasteiger partial charge is 0.482 e. The van der Waals surface area contributed by atoms with Crippen molar-refractivity contribution in [2.24, 2.45) is 0 Å². The lowest BCUT2D eigenvalue weighted by atomic mass is 10.0. The van der Waals surface area contributed by atoms with Gasteiger partial charge in [-0.05, 0) is 12.1 Å². The monoisotopic (exact) mass is 323 g/mol. The first-order chi connectivity index (χ1) is 9.46. The molecule has 0 spiro atoms. The Bertz CT molecular complexity index is 457. The second-order valence-corrected chi connectivity index (χ2v) is 5.01. The molecule has 0 bridgehead atoms. The molecule has 1 aromatic rings. The number of hydrogen-bond donors (Lipinski definition) is 4. The molecule has 4 N–H and O–H groups in total. The second-order valence-electron chi connectivity index (χ2n) is 4.17. The Labute approximate surface area is 125 Å². The van der Waals surface area contributed by atoms with Crippen molar-refractivity contribution in [2.45, 2.75) is 5.54 Å². The van der Waals surface area contributed by atoms with Crippen molar-refractivity contribution in [3.63, 3.8) is 0 Å². The topological polar surface area (TPSA) is 99.0 Å². The first kappa shape index (κ1) is 17.0. The molecular weight excluding hydrogens is 309 g/mol. The Balaban J connectivity index is 2.61. The smallest absolute Gasteiger partial charge is 0.258 e. The van der Waals surface area contributed by atoms with E-state index in [1.54, 1.807) is 6.07 Å². The summed E-state index contributed by atoms with van der Waals surface area (Å²) in [6.45, 7) is -2.22. The van der Waals surface area contributed by atoms with Crippen molar-refractivity contribution < 1.29 is 24.9 Å². The lowest BCUT2D eigenvalue weighted by Gasteiger charge is -2.28. The van der Waals surface area contributed by atoms with Crippen LogP contribution in [0.15, 0.2) is 18.2 Å². The molecule has 1 aromatic carbocycles. The molecule has 8 heteroatoms. The fourth-order valence-electron chi connectivity index (χ4n) is 1.33. The molecule has 0 saturated carbocycles. The normalized spacial score (nSPS) is 11.2. The first-order valence-electron chi connectivity index (χ1n) is 5.68. The Morgan fingerprint density at radius 3 is 2.35 bits per heavy atom. The maximum absolute atomic E-state index is 11.7. The molecule has 6 nitrogen and oxygen atoms in total. The molecule has 0 saturated heterocycles. The molecule has 0 radical (unpaired) electrons. The van der Waals surface area contributed by atoms with E-state index in [-0.39, 0.29) is 5.75 Å². The zero-order valence-corrected chi connectivity index (χ0v) is 12.0. The molecule has 0 atom stereocenters. The average Bonchev–Trinajstić information content (AvgIpc) is 2.46. The lowest BCUT2D eigenvalue weighted by Crippen LogP contribution is -2.58. The van der Waals surface area contributed by atoms with E-state index in [9.17, 15) is 4.79 Å². The van der Waals surface area contributed by atoms with Gasteiger partial charge in [0.2, 0.25) is 0 Å². The predicted molar refractivity (Wildman–Crippen MR) is 74.1 cm³/mol. The highest BCUT2D eigenvalue weighted by Gasteiger charge is 2.30. The van der Waals surface area contributed by atoms with E-state index in [4.69, 9.17) is 43.3 Å². The number of benzene rings is 1. The zero-order valence-electron chi connectivity index (χ0n) is 10.5. The van der Waals surface area contributed by atoms with Crippen LogP contribution >= 0.6 is 23.2 Å². The van der Waals surface area contributed by atoms with Crippen molar-refractivity contribution in [2.75, 3.05) is 26.4 Å². The van der Waals surface area contributed by atoms with Gasteiger partial charge in [0.1, 0.15) is 11.3 Å². The molecule has 0 aliphatic rings. The number of halogens is 2. The Kier molecular flexibility index (Phi) is 6.51. The third kappa shape index (κ3) is 4.50. The Morgan fingerprint density at radius 1 is 1.20 bits per heavy atom. The highest BCUT2D eigenvalue weighted by atomic mass is 35.5. The standard InChI is InChI=1S/C12H15Cl2NO5/c13-8-1-2-9(14)10(3-8)20-4-11(19)15-12(5-16,6-17)7-18/h1-3,16-18H,4-7H2,(H,15,19). The third-order valence-electron chi connectivity index (χ3n) is 2.56. The van der Waals surface area contributed by atoms with Gasteiger partial charge < -0.3 is 25.4 Å². The number of hydrogen-bond acceptors (Lipinski definition) is 5. The molecule has 0 heterocycles. The molecule has 1 rings (SSSR count). The van der Waals surface area contributed by atoms with Crippen LogP contribution in [-0.4, -0.2) is 53.2 Å². The summed E-state index contributed by atoms with van der Waals surface area (Å²) in [4.78, 5) is 11.7. The summed E-state index contributed by atoms with van der Waals surface area (Å²) >= 11 is 11.6. The van der Waals surface area contributed by atoms with Gasteiger partial charge in [0.25, 0.3) is 5.91 Å². The number of aliphatic hydroxyl groups excluding tert-OH is 3. The van der Waals surface area contributed by atoms with E-state index in [1.807, 2.05) is 0 Å². The quantitative estimate of drug-likeness (QED) is 0.574. The SMILES string of the molecule is O=C(COc1cc(Cl)ccc1Cl)NC(CO)(CO)CO. The summed E-state index contributed by atoms with van der Waals surface area (Å²) in [5, 5.41) is 30.2.